The van der Waals surface area contributed by atoms with E-state index in [0.29, 0.717) is 25.1 Å². The fourth-order valence-electron chi connectivity index (χ4n) is 3.30. The summed E-state index contributed by atoms with van der Waals surface area (Å²) in [7, 11) is 1.66. The van der Waals surface area contributed by atoms with Crippen LogP contribution in [0.4, 0.5) is 4.39 Å². The summed E-state index contributed by atoms with van der Waals surface area (Å²) >= 11 is 5.92. The number of benzene rings is 1. The van der Waals surface area contributed by atoms with E-state index in [-0.39, 0.29) is 10.9 Å². The summed E-state index contributed by atoms with van der Waals surface area (Å²) in [4.78, 5) is 0. The first-order valence-electron chi connectivity index (χ1n) is 7.96. The first kappa shape index (κ1) is 17.7. The highest BCUT2D eigenvalue weighted by Crippen LogP contribution is 2.40. The van der Waals surface area contributed by atoms with Gasteiger partial charge in [0.05, 0.1) is 10.6 Å². The second-order valence-corrected chi connectivity index (χ2v) is 6.43. The Labute approximate surface area is 136 Å². The van der Waals surface area contributed by atoms with Crippen LogP contribution in [0.2, 0.25) is 5.02 Å². The fraction of sp³-hybridized carbons (Fsp3) is 0.647. The maximum absolute atomic E-state index is 14.5. The molecule has 0 aromatic heterocycles. The normalized spacial score (nSPS) is 21.5. The Hall–Kier alpha value is -0.680. The van der Waals surface area contributed by atoms with Gasteiger partial charge in [-0.2, -0.15) is 0 Å². The molecule has 0 saturated carbocycles. The highest BCUT2D eigenvalue weighted by Gasteiger charge is 2.40. The summed E-state index contributed by atoms with van der Waals surface area (Å²) in [6.07, 6.45) is 4.03. The highest BCUT2D eigenvalue weighted by molar-refractivity contribution is 6.30. The van der Waals surface area contributed by atoms with Crippen molar-refractivity contribution in [1.82, 2.24) is 5.32 Å². The highest BCUT2D eigenvalue weighted by atomic mass is 35.5. The molecule has 1 aromatic carbocycles. The Morgan fingerprint density at radius 1 is 1.45 bits per heavy atom. The number of piperidine rings is 1. The molecule has 5 heteroatoms. The minimum atomic E-state index is -1.18. The predicted molar refractivity (Wildman–Crippen MR) is 86.6 cm³/mol. The van der Waals surface area contributed by atoms with Gasteiger partial charge in [-0.05, 0) is 44.7 Å². The van der Waals surface area contributed by atoms with Crippen LogP contribution in [-0.2, 0) is 10.3 Å². The van der Waals surface area contributed by atoms with Gasteiger partial charge in [-0.15, -0.1) is 0 Å². The number of rotatable bonds is 7. The molecular formula is C17H25ClFNO2. The molecule has 22 heavy (non-hydrogen) atoms. The summed E-state index contributed by atoms with van der Waals surface area (Å²) < 4.78 is 19.6. The van der Waals surface area contributed by atoms with Crippen molar-refractivity contribution in [3.05, 3.63) is 34.6 Å². The van der Waals surface area contributed by atoms with E-state index in [4.69, 9.17) is 16.3 Å². The van der Waals surface area contributed by atoms with Gasteiger partial charge in [0.2, 0.25) is 0 Å². The molecule has 2 rings (SSSR count). The van der Waals surface area contributed by atoms with Gasteiger partial charge in [0.1, 0.15) is 5.82 Å². The minimum Gasteiger partial charge on any atom is -0.385 e. The van der Waals surface area contributed by atoms with E-state index < -0.39 is 11.4 Å². The zero-order valence-corrected chi connectivity index (χ0v) is 13.8. The molecule has 0 bridgehead atoms. The molecule has 1 heterocycles. The van der Waals surface area contributed by atoms with Crippen LogP contribution in [-0.4, -0.2) is 31.9 Å². The fourth-order valence-corrected chi connectivity index (χ4v) is 3.47. The first-order chi connectivity index (χ1) is 10.6. The van der Waals surface area contributed by atoms with Crippen molar-refractivity contribution in [3.8, 4) is 0 Å². The molecule has 1 fully saturated rings. The van der Waals surface area contributed by atoms with E-state index in [1.54, 1.807) is 19.2 Å². The molecule has 1 aliphatic heterocycles. The van der Waals surface area contributed by atoms with E-state index in [1.165, 1.54) is 6.07 Å². The van der Waals surface area contributed by atoms with Gasteiger partial charge in [-0.1, -0.05) is 23.7 Å². The number of ether oxygens (including phenoxy) is 1. The minimum absolute atomic E-state index is 0.00300. The number of hydrogen-bond donors (Lipinski definition) is 2. The number of halogens is 2. The van der Waals surface area contributed by atoms with Crippen LogP contribution >= 0.6 is 11.6 Å². The van der Waals surface area contributed by atoms with E-state index >= 15 is 0 Å². The maximum atomic E-state index is 14.5. The van der Waals surface area contributed by atoms with Crippen molar-refractivity contribution >= 4 is 11.6 Å². The van der Waals surface area contributed by atoms with Gasteiger partial charge in [-0.3, -0.25) is 0 Å². The summed E-state index contributed by atoms with van der Waals surface area (Å²) in [6.45, 7) is 2.30. The molecule has 2 unspecified atom stereocenters. The standard InChI is InChI=1S/C17H25ClFNO2/c1-22-11-3-2-9-17(21,13-6-5-10-20-12-13)14-7-4-8-15(18)16(14)19/h4,7-8,13,20-21H,2-3,5-6,9-12H2,1H3. The van der Waals surface area contributed by atoms with E-state index in [1.807, 2.05) is 0 Å². The van der Waals surface area contributed by atoms with Crippen molar-refractivity contribution in [2.75, 3.05) is 26.8 Å². The number of hydrogen-bond acceptors (Lipinski definition) is 3. The second-order valence-electron chi connectivity index (χ2n) is 6.02. The largest absolute Gasteiger partial charge is 0.385 e. The zero-order chi connectivity index (χ0) is 16.0. The molecular weight excluding hydrogens is 305 g/mol. The lowest BCUT2D eigenvalue weighted by Gasteiger charge is -2.39. The van der Waals surface area contributed by atoms with Gasteiger partial charge in [-0.25, -0.2) is 4.39 Å². The molecule has 2 N–H and O–H groups in total. The Bertz CT molecular complexity index is 480. The zero-order valence-electron chi connectivity index (χ0n) is 13.1. The van der Waals surface area contributed by atoms with Gasteiger partial charge >= 0.3 is 0 Å². The average Bonchev–Trinajstić information content (AvgIpc) is 2.55. The van der Waals surface area contributed by atoms with Crippen LogP contribution in [0.5, 0.6) is 0 Å². The van der Waals surface area contributed by atoms with Crippen LogP contribution in [0.3, 0.4) is 0 Å². The van der Waals surface area contributed by atoms with Crippen LogP contribution in [0, 0.1) is 11.7 Å². The first-order valence-corrected chi connectivity index (χ1v) is 8.34. The molecule has 2 atom stereocenters. The summed E-state index contributed by atoms with van der Waals surface area (Å²) in [6, 6.07) is 4.88. The smallest absolute Gasteiger partial charge is 0.147 e. The number of unbranched alkanes of at least 4 members (excludes halogenated alkanes) is 1. The predicted octanol–water partition coefficient (Wildman–Crippen LogP) is 3.48. The Morgan fingerprint density at radius 2 is 2.27 bits per heavy atom. The third kappa shape index (κ3) is 3.99. The molecule has 0 radical (unpaired) electrons. The molecule has 124 valence electrons. The van der Waals surface area contributed by atoms with Crippen molar-refractivity contribution in [3.63, 3.8) is 0 Å². The molecule has 0 spiro atoms. The third-order valence-electron chi connectivity index (χ3n) is 4.55. The Kier molecular flexibility index (Phi) is 6.63. The lowest BCUT2D eigenvalue weighted by molar-refractivity contribution is -0.0460. The lowest BCUT2D eigenvalue weighted by atomic mass is 9.74. The third-order valence-corrected chi connectivity index (χ3v) is 4.84. The number of methoxy groups -OCH3 is 1. The number of nitrogens with one attached hydrogen (secondary N) is 1. The summed E-state index contributed by atoms with van der Waals surface area (Å²) in [5, 5.41) is 14.7. The van der Waals surface area contributed by atoms with E-state index in [0.717, 1.165) is 32.2 Å². The molecule has 1 aromatic rings. The van der Waals surface area contributed by atoms with Crippen molar-refractivity contribution in [2.24, 2.45) is 5.92 Å². The molecule has 0 amide bonds. The van der Waals surface area contributed by atoms with Crippen molar-refractivity contribution in [1.29, 1.82) is 0 Å². The SMILES string of the molecule is COCCCCC(O)(c1cccc(Cl)c1F)C1CCCNC1. The summed E-state index contributed by atoms with van der Waals surface area (Å²) in [5.41, 5.74) is -0.859. The molecule has 3 nitrogen and oxygen atoms in total. The van der Waals surface area contributed by atoms with Crippen LogP contribution in [0.15, 0.2) is 18.2 Å². The monoisotopic (exact) mass is 329 g/mol. The Morgan fingerprint density at radius 3 is 2.95 bits per heavy atom. The van der Waals surface area contributed by atoms with Gasteiger partial charge in [0.15, 0.2) is 0 Å². The Balaban J connectivity index is 2.25. The van der Waals surface area contributed by atoms with Gasteiger partial charge in [0.25, 0.3) is 0 Å². The van der Waals surface area contributed by atoms with Crippen LogP contribution < -0.4 is 5.32 Å². The van der Waals surface area contributed by atoms with E-state index in [2.05, 4.69) is 5.32 Å². The molecule has 1 saturated heterocycles. The average molecular weight is 330 g/mol. The topological polar surface area (TPSA) is 41.5 Å². The maximum Gasteiger partial charge on any atom is 0.147 e. The van der Waals surface area contributed by atoms with Crippen LogP contribution in [0.25, 0.3) is 0 Å². The quantitative estimate of drug-likeness (QED) is 0.752. The van der Waals surface area contributed by atoms with Gasteiger partial charge in [0, 0.05) is 31.7 Å². The second kappa shape index (κ2) is 8.25. The van der Waals surface area contributed by atoms with Gasteiger partial charge < -0.3 is 15.2 Å². The molecule has 1 aliphatic rings. The van der Waals surface area contributed by atoms with Crippen LogP contribution in [0.1, 0.15) is 37.7 Å². The number of aliphatic hydroxyl groups is 1. The van der Waals surface area contributed by atoms with Crippen molar-refractivity contribution in [2.45, 2.75) is 37.7 Å². The lowest BCUT2D eigenvalue weighted by Crippen LogP contribution is -2.44. The summed E-state index contributed by atoms with van der Waals surface area (Å²) in [5.74, 6) is -0.499. The van der Waals surface area contributed by atoms with E-state index in [9.17, 15) is 9.50 Å². The molecule has 0 aliphatic carbocycles. The van der Waals surface area contributed by atoms with Crippen molar-refractivity contribution < 1.29 is 14.2 Å².